The smallest absolute Gasteiger partial charge is 0.222 e. The number of nitrogens with zero attached hydrogens (tertiary/aromatic N) is 1. The maximum atomic E-state index is 12.8. The first kappa shape index (κ1) is 19.0. The number of carbonyl (C=O) groups is 1. The third-order valence-electron chi connectivity index (χ3n) is 9.07. The van der Waals surface area contributed by atoms with Gasteiger partial charge in [-0.05, 0) is 75.5 Å². The van der Waals surface area contributed by atoms with Crippen LogP contribution >= 0.6 is 0 Å². The fraction of sp³-hybridized carbons (Fsp3) is 0.957. The van der Waals surface area contributed by atoms with Gasteiger partial charge in [-0.3, -0.25) is 4.79 Å². The van der Waals surface area contributed by atoms with Crippen molar-refractivity contribution in [3.8, 4) is 0 Å². The average molecular weight is 405 g/mol. The van der Waals surface area contributed by atoms with Crippen LogP contribution in [0, 0.1) is 29.6 Å². The minimum Gasteiger partial charge on any atom is -0.343 e. The van der Waals surface area contributed by atoms with Crippen molar-refractivity contribution in [2.24, 2.45) is 35.3 Å². The molecule has 2 heterocycles. The van der Waals surface area contributed by atoms with E-state index in [9.17, 15) is 4.79 Å². The molecule has 0 aromatic rings. The van der Waals surface area contributed by atoms with Gasteiger partial charge in [0.15, 0.2) is 0 Å². The molecule has 1 amide bonds. The zero-order chi connectivity index (χ0) is 19.6. The van der Waals surface area contributed by atoms with E-state index in [0.29, 0.717) is 24.2 Å². The minimum absolute atomic E-state index is 0.256. The average Bonchev–Trinajstić information content (AvgIpc) is 3.06. The molecule has 7 fully saturated rings. The minimum atomic E-state index is -0.622. The SMILES string of the molecule is NC1CCN(C(=O)CC2CCCC3(C2)OOC2(O3)C3CC4CC(C3)CC2C4)CC1. The van der Waals surface area contributed by atoms with Gasteiger partial charge in [0.2, 0.25) is 17.5 Å². The summed E-state index contributed by atoms with van der Waals surface area (Å²) in [6.07, 6.45) is 12.6. The summed E-state index contributed by atoms with van der Waals surface area (Å²) in [4.78, 5) is 27.1. The van der Waals surface area contributed by atoms with Crippen LogP contribution in [-0.2, 0) is 19.3 Å². The van der Waals surface area contributed by atoms with Crippen molar-refractivity contribution in [1.29, 1.82) is 0 Å². The first-order valence-electron chi connectivity index (χ1n) is 12.1. The Morgan fingerprint density at radius 2 is 1.66 bits per heavy atom. The Morgan fingerprint density at radius 3 is 2.34 bits per heavy atom. The van der Waals surface area contributed by atoms with E-state index in [0.717, 1.165) is 63.5 Å². The third-order valence-corrected chi connectivity index (χ3v) is 9.07. The van der Waals surface area contributed by atoms with E-state index in [-0.39, 0.29) is 11.9 Å². The first-order valence-corrected chi connectivity index (χ1v) is 12.1. The third kappa shape index (κ3) is 3.17. The van der Waals surface area contributed by atoms with E-state index in [1.807, 2.05) is 4.90 Å². The highest BCUT2D eigenvalue weighted by atomic mass is 17.3. The lowest BCUT2D eigenvalue weighted by Crippen LogP contribution is -2.59. The van der Waals surface area contributed by atoms with E-state index < -0.39 is 11.6 Å². The maximum Gasteiger partial charge on any atom is 0.222 e. The highest BCUT2D eigenvalue weighted by Gasteiger charge is 2.67. The number of hydrogen-bond acceptors (Lipinski definition) is 5. The second-order valence-corrected chi connectivity index (χ2v) is 11.1. The second kappa shape index (κ2) is 6.91. The molecular weight excluding hydrogens is 368 g/mol. The summed E-state index contributed by atoms with van der Waals surface area (Å²) in [5.41, 5.74) is 5.99. The predicted octanol–water partition coefficient (Wildman–Crippen LogP) is 3.34. The normalized spacial score (nSPS) is 49.4. The van der Waals surface area contributed by atoms with E-state index >= 15 is 0 Å². The molecule has 0 aromatic carbocycles. The molecule has 162 valence electrons. The van der Waals surface area contributed by atoms with Crippen molar-refractivity contribution in [3.05, 3.63) is 0 Å². The molecule has 2 atom stereocenters. The Kier molecular flexibility index (Phi) is 4.53. The second-order valence-electron chi connectivity index (χ2n) is 11.1. The summed E-state index contributed by atoms with van der Waals surface area (Å²) < 4.78 is 6.84. The summed E-state index contributed by atoms with van der Waals surface area (Å²) >= 11 is 0. The number of hydrogen-bond donors (Lipinski definition) is 1. The molecule has 2 saturated heterocycles. The number of rotatable bonds is 2. The van der Waals surface area contributed by atoms with Gasteiger partial charge in [0, 0.05) is 50.2 Å². The topological polar surface area (TPSA) is 74.0 Å². The van der Waals surface area contributed by atoms with Crippen LogP contribution in [-0.4, -0.2) is 41.5 Å². The molecule has 5 aliphatic carbocycles. The summed E-state index contributed by atoms with van der Waals surface area (Å²) in [6.45, 7) is 1.62. The van der Waals surface area contributed by atoms with Crippen LogP contribution in [0.1, 0.15) is 77.0 Å². The Balaban J connectivity index is 1.12. The van der Waals surface area contributed by atoms with Gasteiger partial charge in [0.1, 0.15) is 0 Å². The zero-order valence-electron chi connectivity index (χ0n) is 17.5. The molecule has 5 saturated carbocycles. The summed E-state index contributed by atoms with van der Waals surface area (Å²) in [6, 6.07) is 0.256. The molecule has 7 aliphatic rings. The number of carbonyl (C=O) groups excluding carboxylic acids is 1. The number of nitrogens with two attached hydrogens (primary N) is 1. The van der Waals surface area contributed by atoms with Crippen molar-refractivity contribution >= 4 is 5.91 Å². The van der Waals surface area contributed by atoms with Gasteiger partial charge in [-0.1, -0.05) is 0 Å². The largest absolute Gasteiger partial charge is 0.343 e. The van der Waals surface area contributed by atoms with Crippen LogP contribution in [0.5, 0.6) is 0 Å². The van der Waals surface area contributed by atoms with E-state index in [2.05, 4.69) is 0 Å². The van der Waals surface area contributed by atoms with Gasteiger partial charge in [0.05, 0.1) is 0 Å². The first-order chi connectivity index (χ1) is 14.0. The molecule has 7 rings (SSSR count). The quantitative estimate of drug-likeness (QED) is 0.715. The Morgan fingerprint density at radius 1 is 0.966 bits per heavy atom. The molecule has 2 spiro atoms. The Bertz CT molecular complexity index is 633. The van der Waals surface area contributed by atoms with Gasteiger partial charge < -0.3 is 15.4 Å². The number of amides is 1. The highest BCUT2D eigenvalue weighted by Crippen LogP contribution is 2.64. The molecule has 29 heavy (non-hydrogen) atoms. The highest BCUT2D eigenvalue weighted by molar-refractivity contribution is 5.76. The van der Waals surface area contributed by atoms with Crippen LogP contribution in [0.25, 0.3) is 0 Å². The molecule has 6 nitrogen and oxygen atoms in total. The van der Waals surface area contributed by atoms with Gasteiger partial charge in [-0.25, -0.2) is 0 Å². The summed E-state index contributed by atoms with van der Waals surface area (Å²) in [7, 11) is 0. The van der Waals surface area contributed by atoms with Crippen LogP contribution in [0.15, 0.2) is 0 Å². The van der Waals surface area contributed by atoms with Gasteiger partial charge in [0.25, 0.3) is 0 Å². The van der Waals surface area contributed by atoms with E-state index in [1.54, 1.807) is 0 Å². The summed E-state index contributed by atoms with van der Waals surface area (Å²) in [5, 5.41) is 0. The van der Waals surface area contributed by atoms with Gasteiger partial charge >= 0.3 is 0 Å². The fourth-order valence-corrected chi connectivity index (χ4v) is 7.78. The molecular formula is C23H36N2O4. The number of ether oxygens (including phenoxy) is 1. The number of likely N-dealkylation sites (tertiary alicyclic amines) is 1. The molecule has 0 radical (unpaired) electrons. The number of piperidine rings is 1. The molecule has 6 heteroatoms. The molecule has 2 unspecified atom stereocenters. The van der Waals surface area contributed by atoms with Crippen molar-refractivity contribution in [1.82, 2.24) is 4.90 Å². The van der Waals surface area contributed by atoms with Crippen LogP contribution in [0.2, 0.25) is 0 Å². The van der Waals surface area contributed by atoms with E-state index in [1.165, 1.54) is 32.1 Å². The van der Waals surface area contributed by atoms with Crippen LogP contribution in [0.4, 0.5) is 0 Å². The fourth-order valence-electron chi connectivity index (χ4n) is 7.78. The zero-order valence-corrected chi connectivity index (χ0v) is 17.5. The lowest BCUT2D eigenvalue weighted by molar-refractivity contribution is -0.390. The molecule has 0 aromatic heterocycles. The summed E-state index contributed by atoms with van der Waals surface area (Å²) in [5.74, 6) is 2.23. The monoisotopic (exact) mass is 404 g/mol. The standard InChI is InChI=1S/C23H36N2O4/c24-20-3-6-25(7-4-20)21(26)13-15-2-1-5-22(14-15)27-23(29-28-22)18-9-16-8-17(11-18)12-19(23)10-16/h15-20H,1-14,24H2. The van der Waals surface area contributed by atoms with Crippen molar-refractivity contribution in [3.63, 3.8) is 0 Å². The Hall–Kier alpha value is -0.690. The predicted molar refractivity (Wildman–Crippen MR) is 106 cm³/mol. The van der Waals surface area contributed by atoms with Crippen molar-refractivity contribution in [2.75, 3.05) is 13.1 Å². The van der Waals surface area contributed by atoms with Gasteiger partial charge in [-0.2, -0.15) is 9.78 Å². The van der Waals surface area contributed by atoms with Gasteiger partial charge in [-0.15, -0.1) is 0 Å². The van der Waals surface area contributed by atoms with Crippen molar-refractivity contribution in [2.45, 2.75) is 94.7 Å². The molecule has 4 bridgehead atoms. The van der Waals surface area contributed by atoms with E-state index in [4.69, 9.17) is 20.2 Å². The maximum absolute atomic E-state index is 12.8. The van der Waals surface area contributed by atoms with Crippen molar-refractivity contribution < 1.29 is 19.3 Å². The van der Waals surface area contributed by atoms with Crippen LogP contribution in [0.3, 0.4) is 0 Å². The Labute approximate surface area is 173 Å². The molecule has 2 N–H and O–H groups in total. The molecule has 2 aliphatic heterocycles. The lowest BCUT2D eigenvalue weighted by atomic mass is 9.53. The van der Waals surface area contributed by atoms with Crippen LogP contribution < -0.4 is 5.73 Å². The lowest BCUT2D eigenvalue weighted by Gasteiger charge is -2.57.